The van der Waals surface area contributed by atoms with Gasteiger partial charge in [-0.2, -0.15) is 0 Å². The molecule has 0 aliphatic heterocycles. The molecule has 154 valence electrons. The summed E-state index contributed by atoms with van der Waals surface area (Å²) < 4.78 is 0. The number of pyridine rings is 2. The number of nitrogens with one attached hydrogen (secondary N) is 1. The maximum atomic E-state index is 12.4. The van der Waals surface area contributed by atoms with Crippen LogP contribution in [0.4, 0.5) is 5.69 Å². The van der Waals surface area contributed by atoms with Crippen molar-refractivity contribution in [3.8, 4) is 11.3 Å². The topological polar surface area (TPSA) is 75.1 Å². The fourth-order valence-corrected chi connectivity index (χ4v) is 3.30. The summed E-state index contributed by atoms with van der Waals surface area (Å²) in [5.74, 6) is -0.0214. The number of benzene rings is 1. The molecule has 3 aromatic rings. The van der Waals surface area contributed by atoms with Crippen LogP contribution in [0.25, 0.3) is 27.7 Å². The summed E-state index contributed by atoms with van der Waals surface area (Å²) in [6, 6.07) is 9.98. The average Bonchev–Trinajstić information content (AvgIpc) is 2.79. The maximum absolute atomic E-state index is 12.4. The first-order valence-electron chi connectivity index (χ1n) is 9.58. The van der Waals surface area contributed by atoms with Crippen molar-refractivity contribution in [1.82, 2.24) is 9.97 Å². The molecule has 3 rings (SSSR count). The van der Waals surface area contributed by atoms with Crippen molar-refractivity contribution in [2.75, 3.05) is 19.5 Å². The number of aliphatic hydroxyl groups is 1. The summed E-state index contributed by atoms with van der Waals surface area (Å²) in [6.45, 7) is 7.34. The Balaban J connectivity index is 0.00000155. The van der Waals surface area contributed by atoms with Crippen LogP contribution in [0.1, 0.15) is 29.8 Å². The lowest BCUT2D eigenvalue weighted by molar-refractivity contribution is 0.102. The molecule has 0 bridgehead atoms. The number of Topliss-reactive ketones (excluding diaryl/α,β-unsaturated/α-hetero) is 1. The van der Waals surface area contributed by atoms with Gasteiger partial charge in [-0.15, -0.1) is 0 Å². The zero-order valence-corrected chi connectivity index (χ0v) is 17.8. The molecule has 0 aliphatic carbocycles. The molecule has 1 aromatic carbocycles. The normalized spacial score (nSPS) is 11.2. The van der Waals surface area contributed by atoms with E-state index in [9.17, 15) is 4.79 Å². The second kappa shape index (κ2) is 10.8. The standard InChI is InChI=1S/C24H23N3O.CH4O/c1-5-7-17(8-6-2)18-9-11-19(12-10-18)23-24(25-4)22(16(3)28)20-15-26-14-13-21(20)27-23;1-2/h5-15,25H,1H2,2-4H3;2H,1H3/b8-6-,17-7+;. The molecule has 5 nitrogen and oxygen atoms in total. The van der Waals surface area contributed by atoms with E-state index in [1.54, 1.807) is 32.4 Å². The number of anilines is 1. The molecule has 0 amide bonds. The first kappa shape index (κ1) is 22.7. The third-order valence-electron chi connectivity index (χ3n) is 4.52. The Labute approximate surface area is 177 Å². The van der Waals surface area contributed by atoms with Gasteiger partial charge in [-0.3, -0.25) is 9.78 Å². The van der Waals surface area contributed by atoms with Gasteiger partial charge in [0.15, 0.2) is 5.78 Å². The first-order valence-corrected chi connectivity index (χ1v) is 9.58. The number of allylic oxidation sites excluding steroid dienone is 5. The number of hydrogen-bond acceptors (Lipinski definition) is 5. The number of hydrogen-bond donors (Lipinski definition) is 2. The minimum absolute atomic E-state index is 0.0214. The van der Waals surface area contributed by atoms with Gasteiger partial charge in [0.2, 0.25) is 0 Å². The summed E-state index contributed by atoms with van der Waals surface area (Å²) in [6.07, 6.45) is 11.2. The summed E-state index contributed by atoms with van der Waals surface area (Å²) >= 11 is 0. The maximum Gasteiger partial charge on any atom is 0.162 e. The molecule has 5 heteroatoms. The summed E-state index contributed by atoms with van der Waals surface area (Å²) in [7, 11) is 2.81. The molecule has 2 N–H and O–H groups in total. The monoisotopic (exact) mass is 401 g/mol. The average molecular weight is 402 g/mol. The van der Waals surface area contributed by atoms with Crippen molar-refractivity contribution in [2.45, 2.75) is 13.8 Å². The van der Waals surface area contributed by atoms with Crippen LogP contribution in [0.15, 0.2) is 73.6 Å². The number of ketones is 1. The van der Waals surface area contributed by atoms with E-state index < -0.39 is 0 Å². The van der Waals surface area contributed by atoms with Gasteiger partial charge >= 0.3 is 0 Å². The third kappa shape index (κ3) is 4.70. The third-order valence-corrected chi connectivity index (χ3v) is 4.52. The van der Waals surface area contributed by atoms with E-state index in [1.165, 1.54) is 0 Å². The van der Waals surface area contributed by atoms with Crippen LogP contribution in [-0.2, 0) is 0 Å². The minimum atomic E-state index is -0.0214. The van der Waals surface area contributed by atoms with Gasteiger partial charge in [0, 0.05) is 37.5 Å². The molecule has 0 spiro atoms. The Morgan fingerprint density at radius 1 is 1.17 bits per heavy atom. The number of nitrogens with zero attached hydrogens (tertiary/aromatic N) is 2. The van der Waals surface area contributed by atoms with Crippen molar-refractivity contribution < 1.29 is 9.90 Å². The largest absolute Gasteiger partial charge is 0.400 e. The Morgan fingerprint density at radius 3 is 2.43 bits per heavy atom. The molecule has 2 heterocycles. The number of aliphatic hydroxyl groups excluding tert-OH is 1. The predicted octanol–water partition coefficient (Wildman–Crippen LogP) is 5.30. The van der Waals surface area contributed by atoms with Crippen molar-refractivity contribution in [3.05, 3.63) is 84.7 Å². The van der Waals surface area contributed by atoms with E-state index >= 15 is 0 Å². The van der Waals surface area contributed by atoms with Crippen molar-refractivity contribution in [2.24, 2.45) is 0 Å². The van der Waals surface area contributed by atoms with Crippen molar-refractivity contribution in [1.29, 1.82) is 0 Å². The van der Waals surface area contributed by atoms with E-state index in [1.807, 2.05) is 43.4 Å². The molecular formula is C25H27N3O2. The molecule has 0 saturated carbocycles. The number of fused-ring (bicyclic) bond motifs is 1. The molecule has 30 heavy (non-hydrogen) atoms. The fourth-order valence-electron chi connectivity index (χ4n) is 3.30. The quantitative estimate of drug-likeness (QED) is 0.433. The molecular weight excluding hydrogens is 374 g/mol. The zero-order valence-electron chi connectivity index (χ0n) is 17.8. The van der Waals surface area contributed by atoms with Crippen LogP contribution in [0.5, 0.6) is 0 Å². The van der Waals surface area contributed by atoms with Crippen molar-refractivity contribution >= 4 is 27.9 Å². The Kier molecular flexibility index (Phi) is 8.20. The molecule has 0 saturated heterocycles. The smallest absolute Gasteiger partial charge is 0.162 e. The highest BCUT2D eigenvalue weighted by molar-refractivity contribution is 6.13. The Bertz CT molecular complexity index is 1100. The lowest BCUT2D eigenvalue weighted by Crippen LogP contribution is -2.06. The van der Waals surface area contributed by atoms with Crippen LogP contribution in [-0.4, -0.2) is 35.0 Å². The summed E-state index contributed by atoms with van der Waals surface area (Å²) in [5.41, 5.74) is 5.94. The van der Waals surface area contributed by atoms with Gasteiger partial charge in [-0.05, 0) is 31.1 Å². The highest BCUT2D eigenvalue weighted by Crippen LogP contribution is 2.34. The lowest BCUT2D eigenvalue weighted by atomic mass is 9.97. The van der Waals surface area contributed by atoms with Crippen LogP contribution < -0.4 is 5.32 Å². The van der Waals surface area contributed by atoms with Crippen LogP contribution in [0.2, 0.25) is 0 Å². The molecule has 0 atom stereocenters. The van der Waals surface area contributed by atoms with Crippen LogP contribution in [0.3, 0.4) is 0 Å². The van der Waals surface area contributed by atoms with E-state index in [0.717, 1.165) is 46.1 Å². The molecule has 2 aromatic heterocycles. The van der Waals surface area contributed by atoms with E-state index in [2.05, 4.69) is 29.0 Å². The molecule has 0 unspecified atom stereocenters. The molecule has 0 aliphatic rings. The van der Waals surface area contributed by atoms with Crippen LogP contribution >= 0.6 is 0 Å². The van der Waals surface area contributed by atoms with Crippen molar-refractivity contribution in [3.63, 3.8) is 0 Å². The van der Waals surface area contributed by atoms with Gasteiger partial charge in [0.05, 0.1) is 22.5 Å². The number of aromatic nitrogens is 2. The Morgan fingerprint density at radius 2 is 1.87 bits per heavy atom. The van der Waals surface area contributed by atoms with Gasteiger partial charge < -0.3 is 10.4 Å². The number of carbonyl (C=O) groups excluding carboxylic acids is 1. The lowest BCUT2D eigenvalue weighted by Gasteiger charge is -2.15. The highest BCUT2D eigenvalue weighted by Gasteiger charge is 2.18. The SMILES string of the molecule is C=C/C=C(\C=C/C)c1ccc(-c2nc3ccncc3c(C(C)=O)c2NC)cc1.CO. The summed E-state index contributed by atoms with van der Waals surface area (Å²) in [5, 5.41) is 10.9. The Hall–Kier alpha value is -3.57. The second-order valence-corrected chi connectivity index (χ2v) is 6.34. The predicted molar refractivity (Wildman–Crippen MR) is 126 cm³/mol. The van der Waals surface area contributed by atoms with Gasteiger partial charge in [-0.25, -0.2) is 4.98 Å². The zero-order chi connectivity index (χ0) is 22.1. The van der Waals surface area contributed by atoms with E-state index in [0.29, 0.717) is 5.56 Å². The van der Waals surface area contributed by atoms with Crippen LogP contribution in [0, 0.1) is 0 Å². The van der Waals surface area contributed by atoms with Gasteiger partial charge in [0.1, 0.15) is 0 Å². The molecule has 0 fully saturated rings. The van der Waals surface area contributed by atoms with E-state index in [4.69, 9.17) is 10.1 Å². The molecule has 0 radical (unpaired) electrons. The van der Waals surface area contributed by atoms with Gasteiger partial charge in [-0.1, -0.05) is 55.1 Å². The van der Waals surface area contributed by atoms with Gasteiger partial charge in [0.25, 0.3) is 0 Å². The fraction of sp³-hybridized carbons (Fsp3) is 0.160. The number of rotatable bonds is 6. The number of carbonyl (C=O) groups is 1. The van der Waals surface area contributed by atoms with E-state index in [-0.39, 0.29) is 5.78 Å². The first-order chi connectivity index (χ1) is 14.6. The summed E-state index contributed by atoms with van der Waals surface area (Å²) in [4.78, 5) is 21.4. The second-order valence-electron chi connectivity index (χ2n) is 6.34. The minimum Gasteiger partial charge on any atom is -0.400 e. The highest BCUT2D eigenvalue weighted by atomic mass is 16.2.